The summed E-state index contributed by atoms with van der Waals surface area (Å²) in [6.07, 6.45) is 4.41. The molecule has 1 fully saturated rings. The quantitative estimate of drug-likeness (QED) is 0.842. The van der Waals surface area contributed by atoms with Crippen LogP contribution in [0.1, 0.15) is 39.8 Å². The van der Waals surface area contributed by atoms with Crippen LogP contribution in [0.4, 0.5) is 4.39 Å². The molecule has 2 aliphatic rings. The molecule has 0 saturated carbocycles. The minimum Gasteiger partial charge on any atom is -0.377 e. The van der Waals surface area contributed by atoms with Crippen molar-refractivity contribution in [2.45, 2.75) is 26.3 Å². The molecule has 2 aromatic rings. The molecule has 1 aromatic heterocycles. The summed E-state index contributed by atoms with van der Waals surface area (Å²) < 4.78 is 13.4. The van der Waals surface area contributed by atoms with Gasteiger partial charge in [0, 0.05) is 44.3 Å². The SMILES string of the molecule is Cc1ncnc(C)c1C(=O)N1CC2=CN(CCC(N)c3cccc(F)c3)CC2C1. The van der Waals surface area contributed by atoms with Crippen molar-refractivity contribution in [1.82, 2.24) is 19.8 Å². The number of carbonyl (C=O) groups is 1. The van der Waals surface area contributed by atoms with E-state index in [1.807, 2.05) is 24.8 Å². The number of likely N-dealkylation sites (tertiary alicyclic amines) is 1. The van der Waals surface area contributed by atoms with Gasteiger partial charge in [-0.1, -0.05) is 12.1 Å². The first-order chi connectivity index (χ1) is 13.9. The first-order valence-corrected chi connectivity index (χ1v) is 9.95. The molecule has 1 amide bonds. The predicted octanol–water partition coefficient (Wildman–Crippen LogP) is 2.59. The Kier molecular flexibility index (Phi) is 5.32. The summed E-state index contributed by atoms with van der Waals surface area (Å²) in [5.41, 5.74) is 10.4. The number of aromatic nitrogens is 2. The van der Waals surface area contributed by atoms with Gasteiger partial charge < -0.3 is 15.5 Å². The number of rotatable bonds is 5. The third-order valence-corrected chi connectivity index (χ3v) is 5.87. The number of benzene rings is 1. The number of aryl methyl sites for hydroxylation is 2. The van der Waals surface area contributed by atoms with E-state index < -0.39 is 0 Å². The summed E-state index contributed by atoms with van der Waals surface area (Å²) in [6, 6.07) is 6.31. The molecule has 7 heteroatoms. The highest BCUT2D eigenvalue weighted by molar-refractivity contribution is 5.96. The van der Waals surface area contributed by atoms with Crippen LogP contribution in [0.5, 0.6) is 0 Å². The van der Waals surface area contributed by atoms with Crippen LogP contribution in [-0.2, 0) is 0 Å². The van der Waals surface area contributed by atoms with Gasteiger partial charge >= 0.3 is 0 Å². The Balaban J connectivity index is 1.35. The normalized spacial score (nSPS) is 19.3. The Morgan fingerprint density at radius 1 is 1.28 bits per heavy atom. The summed E-state index contributed by atoms with van der Waals surface area (Å²) in [5, 5.41) is 0. The molecular formula is C22H26FN5O. The van der Waals surface area contributed by atoms with E-state index >= 15 is 0 Å². The van der Waals surface area contributed by atoms with E-state index in [0.717, 1.165) is 36.5 Å². The lowest BCUT2D eigenvalue weighted by Gasteiger charge is -2.23. The molecule has 2 atom stereocenters. The maximum atomic E-state index is 13.4. The second kappa shape index (κ2) is 7.91. The van der Waals surface area contributed by atoms with Gasteiger partial charge in [0.2, 0.25) is 0 Å². The van der Waals surface area contributed by atoms with Gasteiger partial charge in [-0.25, -0.2) is 14.4 Å². The molecule has 1 aromatic carbocycles. The Hall–Kier alpha value is -2.80. The Morgan fingerprint density at radius 3 is 2.72 bits per heavy atom. The smallest absolute Gasteiger partial charge is 0.257 e. The van der Waals surface area contributed by atoms with Crippen molar-refractivity contribution in [3.05, 3.63) is 70.7 Å². The third kappa shape index (κ3) is 4.00. The molecule has 3 heterocycles. The van der Waals surface area contributed by atoms with Gasteiger partial charge in [-0.3, -0.25) is 4.79 Å². The van der Waals surface area contributed by atoms with Gasteiger partial charge in [-0.05, 0) is 43.5 Å². The van der Waals surface area contributed by atoms with Gasteiger partial charge in [-0.15, -0.1) is 0 Å². The van der Waals surface area contributed by atoms with Gasteiger partial charge in [0.1, 0.15) is 12.1 Å². The van der Waals surface area contributed by atoms with Crippen molar-refractivity contribution >= 4 is 5.91 Å². The van der Waals surface area contributed by atoms with Gasteiger partial charge in [0.15, 0.2) is 0 Å². The maximum Gasteiger partial charge on any atom is 0.257 e. The molecule has 0 spiro atoms. The Morgan fingerprint density at radius 2 is 2.03 bits per heavy atom. The number of hydrogen-bond acceptors (Lipinski definition) is 5. The standard InChI is InChI=1S/C22H26FN5O/c1-14-21(15(2)26-13-25-14)22(29)28-11-17-9-27(10-18(17)12-28)7-6-20(24)16-4-3-5-19(23)8-16/h3-5,8-9,13,18,20H,6-7,10-12,24H2,1-2H3. The second-order valence-corrected chi connectivity index (χ2v) is 7.95. The fourth-order valence-electron chi connectivity index (χ4n) is 4.27. The van der Waals surface area contributed by atoms with E-state index in [-0.39, 0.29) is 17.8 Å². The van der Waals surface area contributed by atoms with Crippen molar-refractivity contribution < 1.29 is 9.18 Å². The number of amides is 1. The third-order valence-electron chi connectivity index (χ3n) is 5.87. The minimum atomic E-state index is -0.255. The van der Waals surface area contributed by atoms with Crippen LogP contribution in [-0.4, -0.2) is 51.9 Å². The molecule has 0 radical (unpaired) electrons. The molecule has 152 valence electrons. The predicted molar refractivity (Wildman–Crippen MR) is 109 cm³/mol. The molecule has 2 unspecified atom stereocenters. The lowest BCUT2D eigenvalue weighted by atomic mass is 10.0. The molecular weight excluding hydrogens is 369 g/mol. The van der Waals surface area contributed by atoms with Gasteiger partial charge in [-0.2, -0.15) is 0 Å². The number of fused-ring (bicyclic) bond motifs is 1. The van der Waals surface area contributed by atoms with E-state index in [0.29, 0.717) is 24.6 Å². The highest BCUT2D eigenvalue weighted by Gasteiger charge is 2.36. The van der Waals surface area contributed by atoms with Crippen molar-refractivity contribution in [2.75, 3.05) is 26.2 Å². The molecule has 0 bridgehead atoms. The van der Waals surface area contributed by atoms with E-state index in [4.69, 9.17) is 5.73 Å². The van der Waals surface area contributed by atoms with Crippen LogP contribution in [0.15, 0.2) is 42.4 Å². The molecule has 29 heavy (non-hydrogen) atoms. The Bertz CT molecular complexity index is 940. The number of carbonyl (C=O) groups excluding carboxylic acids is 1. The summed E-state index contributed by atoms with van der Waals surface area (Å²) in [5.74, 6) is 0.111. The van der Waals surface area contributed by atoms with Crippen molar-refractivity contribution in [1.29, 1.82) is 0 Å². The number of nitrogens with two attached hydrogens (primary N) is 1. The van der Waals surface area contributed by atoms with Crippen LogP contribution in [0.25, 0.3) is 0 Å². The fourth-order valence-corrected chi connectivity index (χ4v) is 4.27. The van der Waals surface area contributed by atoms with Crippen molar-refractivity contribution in [3.63, 3.8) is 0 Å². The highest BCUT2D eigenvalue weighted by atomic mass is 19.1. The van der Waals surface area contributed by atoms with Gasteiger partial charge in [0.25, 0.3) is 5.91 Å². The summed E-state index contributed by atoms with van der Waals surface area (Å²) >= 11 is 0. The fraction of sp³-hybridized carbons (Fsp3) is 0.409. The van der Waals surface area contributed by atoms with Crippen LogP contribution >= 0.6 is 0 Å². The summed E-state index contributed by atoms with van der Waals surface area (Å²) in [4.78, 5) is 25.5. The molecule has 4 rings (SSSR count). The van der Waals surface area contributed by atoms with Crippen molar-refractivity contribution in [2.24, 2.45) is 11.7 Å². The zero-order chi connectivity index (χ0) is 20.5. The Labute approximate surface area is 170 Å². The number of nitrogens with zero attached hydrogens (tertiary/aromatic N) is 4. The van der Waals surface area contributed by atoms with E-state index in [2.05, 4.69) is 21.1 Å². The van der Waals surface area contributed by atoms with Gasteiger partial charge in [0.05, 0.1) is 17.0 Å². The topological polar surface area (TPSA) is 75.4 Å². The van der Waals surface area contributed by atoms with Crippen LogP contribution < -0.4 is 5.73 Å². The summed E-state index contributed by atoms with van der Waals surface area (Å²) in [6.45, 7) is 6.76. The van der Waals surface area contributed by atoms with E-state index in [9.17, 15) is 9.18 Å². The molecule has 2 aliphatic heterocycles. The van der Waals surface area contributed by atoms with Crippen LogP contribution in [0.3, 0.4) is 0 Å². The van der Waals surface area contributed by atoms with E-state index in [1.165, 1.54) is 24.0 Å². The minimum absolute atomic E-state index is 0.00979. The molecule has 1 saturated heterocycles. The van der Waals surface area contributed by atoms with Crippen molar-refractivity contribution in [3.8, 4) is 0 Å². The average molecular weight is 395 g/mol. The van der Waals surface area contributed by atoms with Crippen LogP contribution in [0.2, 0.25) is 0 Å². The average Bonchev–Trinajstić information content (AvgIpc) is 3.24. The lowest BCUT2D eigenvalue weighted by Crippen LogP contribution is -2.33. The summed E-state index contributed by atoms with van der Waals surface area (Å²) in [7, 11) is 0. The molecule has 2 N–H and O–H groups in total. The second-order valence-electron chi connectivity index (χ2n) is 7.95. The first-order valence-electron chi connectivity index (χ1n) is 9.95. The first kappa shape index (κ1) is 19.5. The largest absolute Gasteiger partial charge is 0.377 e. The van der Waals surface area contributed by atoms with E-state index in [1.54, 1.807) is 6.07 Å². The maximum absolute atomic E-state index is 13.4. The monoisotopic (exact) mass is 395 g/mol. The number of halogens is 1. The molecule has 0 aliphatic carbocycles. The lowest BCUT2D eigenvalue weighted by molar-refractivity contribution is 0.0782. The highest BCUT2D eigenvalue weighted by Crippen LogP contribution is 2.31. The molecule has 6 nitrogen and oxygen atoms in total. The zero-order valence-electron chi connectivity index (χ0n) is 16.8. The zero-order valence-corrected chi connectivity index (χ0v) is 16.8. The van der Waals surface area contributed by atoms with Crippen LogP contribution in [0, 0.1) is 25.6 Å². The number of hydrogen-bond donors (Lipinski definition) is 1.